The Morgan fingerprint density at radius 1 is 1.20 bits per heavy atom. The molecule has 2 N–H and O–H groups in total. The van der Waals surface area contributed by atoms with E-state index in [0.717, 1.165) is 5.82 Å². The van der Waals surface area contributed by atoms with E-state index in [1.807, 2.05) is 12.4 Å². The molecule has 3 heteroatoms. The van der Waals surface area contributed by atoms with Gasteiger partial charge in [0.25, 0.3) is 0 Å². The third-order valence-electron chi connectivity index (χ3n) is 4.39. The Bertz CT molecular complexity index is 506. The molecule has 1 aromatic heterocycles. The van der Waals surface area contributed by atoms with Gasteiger partial charge in [-0.1, -0.05) is 43.2 Å². The second-order valence-electron chi connectivity index (χ2n) is 5.77. The quantitative estimate of drug-likeness (QED) is 0.886. The van der Waals surface area contributed by atoms with Gasteiger partial charge in [-0.3, -0.25) is 0 Å². The number of rotatable bonds is 4. The summed E-state index contributed by atoms with van der Waals surface area (Å²) in [5.74, 6) is 1.66. The molecule has 1 saturated carbocycles. The molecule has 106 valence electrons. The first-order chi connectivity index (χ1) is 9.84. The zero-order valence-electron chi connectivity index (χ0n) is 12.0. The number of benzene rings is 1. The summed E-state index contributed by atoms with van der Waals surface area (Å²) in [4.78, 5) is 7.57. The van der Waals surface area contributed by atoms with Gasteiger partial charge in [-0.25, -0.2) is 4.98 Å². The summed E-state index contributed by atoms with van der Waals surface area (Å²) in [5, 5.41) is 3.78. The number of H-pyrrole nitrogens is 1. The molecule has 1 aliphatic carbocycles. The minimum Gasteiger partial charge on any atom is -0.347 e. The molecule has 0 amide bonds. The van der Waals surface area contributed by atoms with E-state index in [4.69, 9.17) is 0 Å². The molecule has 1 heterocycles. The van der Waals surface area contributed by atoms with Crippen LogP contribution in [0.25, 0.3) is 0 Å². The Kier molecular flexibility index (Phi) is 4.16. The molecule has 1 fully saturated rings. The van der Waals surface area contributed by atoms with Gasteiger partial charge >= 0.3 is 0 Å². The molecule has 0 spiro atoms. The zero-order chi connectivity index (χ0) is 13.8. The Morgan fingerprint density at radius 2 is 2.00 bits per heavy atom. The largest absolute Gasteiger partial charge is 0.347 e. The summed E-state index contributed by atoms with van der Waals surface area (Å²) >= 11 is 0. The number of aromatic nitrogens is 2. The van der Waals surface area contributed by atoms with Crippen LogP contribution in [0.2, 0.25) is 0 Å². The highest BCUT2D eigenvalue weighted by Crippen LogP contribution is 2.34. The summed E-state index contributed by atoms with van der Waals surface area (Å²) in [6.45, 7) is 2.19. The fourth-order valence-electron chi connectivity index (χ4n) is 3.34. The maximum absolute atomic E-state index is 4.36. The van der Waals surface area contributed by atoms with Crippen molar-refractivity contribution in [2.24, 2.45) is 0 Å². The third-order valence-corrected chi connectivity index (χ3v) is 4.39. The van der Waals surface area contributed by atoms with Gasteiger partial charge in [-0.05, 0) is 31.2 Å². The lowest BCUT2D eigenvalue weighted by Crippen LogP contribution is -2.39. The number of hydrogen-bond acceptors (Lipinski definition) is 2. The summed E-state index contributed by atoms with van der Waals surface area (Å²) in [6.07, 6.45) is 8.92. The van der Waals surface area contributed by atoms with Crippen molar-refractivity contribution in [2.45, 2.75) is 50.6 Å². The van der Waals surface area contributed by atoms with Crippen LogP contribution in [0.3, 0.4) is 0 Å². The van der Waals surface area contributed by atoms with E-state index in [0.29, 0.717) is 12.0 Å². The van der Waals surface area contributed by atoms with Crippen LogP contribution < -0.4 is 5.32 Å². The van der Waals surface area contributed by atoms with Crippen LogP contribution in [0.4, 0.5) is 0 Å². The van der Waals surface area contributed by atoms with Crippen LogP contribution in [0.5, 0.6) is 0 Å². The van der Waals surface area contributed by atoms with E-state index >= 15 is 0 Å². The molecule has 0 bridgehead atoms. The SMILES string of the molecule is CC(NC1CCCCC1c1ccccc1)c1ncc[nH]1. The average molecular weight is 269 g/mol. The first kappa shape index (κ1) is 13.4. The highest BCUT2D eigenvalue weighted by atomic mass is 15.0. The van der Waals surface area contributed by atoms with Gasteiger partial charge in [0.2, 0.25) is 0 Å². The van der Waals surface area contributed by atoms with Crippen LogP contribution >= 0.6 is 0 Å². The first-order valence-electron chi connectivity index (χ1n) is 7.65. The Labute approximate surface area is 120 Å². The van der Waals surface area contributed by atoms with E-state index in [9.17, 15) is 0 Å². The molecule has 0 saturated heterocycles. The Morgan fingerprint density at radius 3 is 2.75 bits per heavy atom. The number of nitrogens with one attached hydrogen (secondary N) is 2. The van der Waals surface area contributed by atoms with Gasteiger partial charge in [0.1, 0.15) is 5.82 Å². The number of aromatic amines is 1. The molecule has 3 rings (SSSR count). The molecule has 3 atom stereocenters. The van der Waals surface area contributed by atoms with Crippen LogP contribution in [-0.2, 0) is 0 Å². The summed E-state index contributed by atoms with van der Waals surface area (Å²) in [7, 11) is 0. The van der Waals surface area contributed by atoms with Crippen LogP contribution in [-0.4, -0.2) is 16.0 Å². The van der Waals surface area contributed by atoms with E-state index in [1.54, 1.807) is 0 Å². The maximum Gasteiger partial charge on any atom is 0.122 e. The van der Waals surface area contributed by atoms with Gasteiger partial charge in [0.05, 0.1) is 6.04 Å². The number of hydrogen-bond donors (Lipinski definition) is 2. The van der Waals surface area contributed by atoms with Crippen molar-refractivity contribution in [3.05, 3.63) is 54.1 Å². The van der Waals surface area contributed by atoms with E-state index in [2.05, 4.69) is 52.5 Å². The lowest BCUT2D eigenvalue weighted by Gasteiger charge is -2.34. The zero-order valence-corrected chi connectivity index (χ0v) is 12.0. The average Bonchev–Trinajstić information content (AvgIpc) is 3.03. The number of imidazole rings is 1. The molecular weight excluding hydrogens is 246 g/mol. The lowest BCUT2D eigenvalue weighted by atomic mass is 9.79. The van der Waals surface area contributed by atoms with Crippen molar-refractivity contribution < 1.29 is 0 Å². The normalized spacial score (nSPS) is 24.4. The maximum atomic E-state index is 4.36. The van der Waals surface area contributed by atoms with Gasteiger partial charge in [-0.15, -0.1) is 0 Å². The van der Waals surface area contributed by atoms with Crippen molar-refractivity contribution in [3.63, 3.8) is 0 Å². The molecule has 1 aliphatic rings. The van der Waals surface area contributed by atoms with Gasteiger partial charge in [0.15, 0.2) is 0 Å². The van der Waals surface area contributed by atoms with Gasteiger partial charge in [-0.2, -0.15) is 0 Å². The van der Waals surface area contributed by atoms with Crippen LogP contribution in [0.15, 0.2) is 42.7 Å². The highest BCUT2D eigenvalue weighted by Gasteiger charge is 2.27. The van der Waals surface area contributed by atoms with E-state index < -0.39 is 0 Å². The standard InChI is InChI=1S/C17H23N3/c1-13(17-18-11-12-19-17)20-16-10-6-5-9-15(16)14-7-3-2-4-8-14/h2-4,7-8,11-13,15-16,20H,5-6,9-10H2,1H3,(H,18,19). The smallest absolute Gasteiger partial charge is 0.122 e. The molecule has 0 radical (unpaired) electrons. The highest BCUT2D eigenvalue weighted by molar-refractivity contribution is 5.22. The van der Waals surface area contributed by atoms with Crippen molar-refractivity contribution >= 4 is 0 Å². The molecule has 3 unspecified atom stereocenters. The lowest BCUT2D eigenvalue weighted by molar-refractivity contribution is 0.302. The predicted octanol–water partition coefficient (Wildman–Crippen LogP) is 3.79. The summed E-state index contributed by atoms with van der Waals surface area (Å²) in [6, 6.07) is 11.8. The molecule has 1 aromatic carbocycles. The van der Waals surface area contributed by atoms with Crippen molar-refractivity contribution in [1.82, 2.24) is 15.3 Å². The Hall–Kier alpha value is -1.61. The Balaban J connectivity index is 1.73. The second kappa shape index (κ2) is 6.23. The molecule has 2 aromatic rings. The molecule has 20 heavy (non-hydrogen) atoms. The fraction of sp³-hybridized carbons (Fsp3) is 0.471. The monoisotopic (exact) mass is 269 g/mol. The van der Waals surface area contributed by atoms with Gasteiger partial charge < -0.3 is 10.3 Å². The third kappa shape index (κ3) is 2.93. The number of nitrogens with zero attached hydrogens (tertiary/aromatic N) is 1. The first-order valence-corrected chi connectivity index (χ1v) is 7.65. The minimum absolute atomic E-state index is 0.277. The topological polar surface area (TPSA) is 40.7 Å². The van der Waals surface area contributed by atoms with Crippen molar-refractivity contribution in [1.29, 1.82) is 0 Å². The fourth-order valence-corrected chi connectivity index (χ4v) is 3.34. The minimum atomic E-state index is 0.277. The molecule has 0 aliphatic heterocycles. The summed E-state index contributed by atoms with van der Waals surface area (Å²) < 4.78 is 0. The van der Waals surface area contributed by atoms with Crippen molar-refractivity contribution in [2.75, 3.05) is 0 Å². The predicted molar refractivity (Wildman–Crippen MR) is 81.6 cm³/mol. The van der Waals surface area contributed by atoms with E-state index in [1.165, 1.54) is 31.2 Å². The van der Waals surface area contributed by atoms with E-state index in [-0.39, 0.29) is 6.04 Å². The van der Waals surface area contributed by atoms with Crippen molar-refractivity contribution in [3.8, 4) is 0 Å². The van der Waals surface area contributed by atoms with Crippen LogP contribution in [0, 0.1) is 0 Å². The molecular formula is C17H23N3. The van der Waals surface area contributed by atoms with Crippen LogP contribution in [0.1, 0.15) is 56.0 Å². The van der Waals surface area contributed by atoms with Gasteiger partial charge in [0, 0.05) is 18.4 Å². The molecule has 3 nitrogen and oxygen atoms in total. The summed E-state index contributed by atoms with van der Waals surface area (Å²) in [5.41, 5.74) is 1.47. The second-order valence-corrected chi connectivity index (χ2v) is 5.77.